The number of hydrogen-bond donors (Lipinski definition) is 4. The monoisotopic (exact) mass is 391 g/mol. The van der Waals surface area contributed by atoms with E-state index >= 15 is 0 Å². The Hall–Kier alpha value is -2.24. The van der Waals surface area contributed by atoms with Crippen LogP contribution in [0.1, 0.15) is 20.8 Å². The van der Waals surface area contributed by atoms with Crippen LogP contribution in [-0.2, 0) is 19.2 Å². The number of hydrogen-bond acceptors (Lipinski definition) is 7. The van der Waals surface area contributed by atoms with Crippen molar-refractivity contribution in [1.82, 2.24) is 14.7 Å². The van der Waals surface area contributed by atoms with Crippen LogP contribution in [0.3, 0.4) is 0 Å². The maximum atomic E-state index is 11.1. The van der Waals surface area contributed by atoms with E-state index in [1.54, 1.807) is 11.8 Å². The van der Waals surface area contributed by atoms with Gasteiger partial charge in [-0.25, -0.2) is 0 Å². The molecule has 0 fully saturated rings. The molecule has 0 aromatic heterocycles. The zero-order valence-corrected chi connectivity index (χ0v) is 15.9. The van der Waals surface area contributed by atoms with E-state index in [1.807, 2.05) is 0 Å². The molecule has 0 aromatic rings. The van der Waals surface area contributed by atoms with Gasteiger partial charge in [0, 0.05) is 26.2 Å². The van der Waals surface area contributed by atoms with Crippen molar-refractivity contribution < 1.29 is 39.6 Å². The molecule has 11 heteroatoms. The summed E-state index contributed by atoms with van der Waals surface area (Å²) in [5.41, 5.74) is 0. The van der Waals surface area contributed by atoms with Gasteiger partial charge >= 0.3 is 23.9 Å². The highest BCUT2D eigenvalue weighted by atomic mass is 16.4. The summed E-state index contributed by atoms with van der Waals surface area (Å²) in [5.74, 6) is -4.42. The summed E-state index contributed by atoms with van der Waals surface area (Å²) in [4.78, 5) is 48.7. The number of rotatable bonds is 15. The Morgan fingerprint density at radius 1 is 0.704 bits per heavy atom. The molecule has 2 unspecified atom stereocenters. The summed E-state index contributed by atoms with van der Waals surface area (Å²) in [7, 11) is 0. The lowest BCUT2D eigenvalue weighted by Gasteiger charge is -2.30. The molecule has 0 radical (unpaired) electrons. The first kappa shape index (κ1) is 24.8. The molecule has 11 nitrogen and oxygen atoms in total. The van der Waals surface area contributed by atoms with Crippen LogP contribution in [0.25, 0.3) is 0 Å². The second kappa shape index (κ2) is 12.2. The first-order valence-electron chi connectivity index (χ1n) is 8.59. The van der Waals surface area contributed by atoms with Crippen LogP contribution in [0.2, 0.25) is 0 Å². The van der Waals surface area contributed by atoms with Crippen LogP contribution in [0.5, 0.6) is 0 Å². The average molecular weight is 391 g/mol. The molecule has 0 spiro atoms. The molecule has 27 heavy (non-hydrogen) atoms. The van der Waals surface area contributed by atoms with Crippen molar-refractivity contribution in [3.8, 4) is 0 Å². The zero-order valence-electron chi connectivity index (χ0n) is 15.9. The van der Waals surface area contributed by atoms with Gasteiger partial charge in [0.05, 0.1) is 13.1 Å². The van der Waals surface area contributed by atoms with E-state index in [1.165, 1.54) is 23.6 Å². The molecule has 0 aliphatic carbocycles. The maximum absolute atomic E-state index is 11.1. The van der Waals surface area contributed by atoms with Crippen molar-refractivity contribution in [3.05, 3.63) is 0 Å². The standard InChI is InChI=1S/C16H29N3O8/c1-4-18(11(2)15(24)25)7-5-17(9-13(20)21)6-8-19(10-14(22)23)12(3)16(26)27/h11-12H,4-10H2,1-3H3,(H,20,21)(H,22,23)(H,24,25)(H,26,27). The molecular formula is C16H29N3O8. The van der Waals surface area contributed by atoms with Gasteiger partial charge in [0.1, 0.15) is 12.1 Å². The second-order valence-electron chi connectivity index (χ2n) is 6.19. The fourth-order valence-corrected chi connectivity index (χ4v) is 2.52. The Balaban J connectivity index is 4.96. The fraction of sp³-hybridized carbons (Fsp3) is 0.750. The van der Waals surface area contributed by atoms with E-state index < -0.39 is 42.5 Å². The van der Waals surface area contributed by atoms with Gasteiger partial charge < -0.3 is 20.4 Å². The van der Waals surface area contributed by atoms with Crippen LogP contribution in [0.15, 0.2) is 0 Å². The van der Waals surface area contributed by atoms with Crippen molar-refractivity contribution in [2.24, 2.45) is 0 Å². The largest absolute Gasteiger partial charge is 0.480 e. The van der Waals surface area contributed by atoms with Gasteiger partial charge in [0.15, 0.2) is 0 Å². The lowest BCUT2D eigenvalue weighted by molar-refractivity contribution is -0.146. The predicted octanol–water partition coefficient (Wildman–Crippen LogP) is -0.972. The fourth-order valence-electron chi connectivity index (χ4n) is 2.52. The van der Waals surface area contributed by atoms with Gasteiger partial charge in [-0.15, -0.1) is 0 Å². The van der Waals surface area contributed by atoms with Crippen LogP contribution in [0, 0.1) is 0 Å². The Bertz CT molecular complexity index is 528. The molecular weight excluding hydrogens is 362 g/mol. The first-order valence-corrected chi connectivity index (χ1v) is 8.59. The summed E-state index contributed by atoms with van der Waals surface area (Å²) < 4.78 is 0. The van der Waals surface area contributed by atoms with Crippen molar-refractivity contribution in [1.29, 1.82) is 0 Å². The van der Waals surface area contributed by atoms with Gasteiger partial charge in [-0.1, -0.05) is 6.92 Å². The number of aliphatic carboxylic acids is 4. The smallest absolute Gasteiger partial charge is 0.320 e. The number of nitrogens with zero attached hydrogens (tertiary/aromatic N) is 3. The second-order valence-corrected chi connectivity index (χ2v) is 6.19. The van der Waals surface area contributed by atoms with Crippen molar-refractivity contribution >= 4 is 23.9 Å². The van der Waals surface area contributed by atoms with E-state index in [4.69, 9.17) is 20.4 Å². The molecule has 2 atom stereocenters. The molecule has 0 saturated heterocycles. The number of carbonyl (C=O) groups is 4. The lowest BCUT2D eigenvalue weighted by atomic mass is 10.2. The van der Waals surface area contributed by atoms with E-state index in [0.29, 0.717) is 13.1 Å². The highest BCUT2D eigenvalue weighted by Crippen LogP contribution is 2.03. The summed E-state index contributed by atoms with van der Waals surface area (Å²) >= 11 is 0. The highest BCUT2D eigenvalue weighted by molar-refractivity contribution is 5.75. The highest BCUT2D eigenvalue weighted by Gasteiger charge is 2.24. The molecule has 0 amide bonds. The molecule has 0 saturated carbocycles. The van der Waals surface area contributed by atoms with Gasteiger partial charge in [-0.2, -0.15) is 0 Å². The molecule has 4 N–H and O–H groups in total. The topological polar surface area (TPSA) is 159 Å². The molecule has 0 bridgehead atoms. The third-order valence-electron chi connectivity index (χ3n) is 4.32. The van der Waals surface area contributed by atoms with Gasteiger partial charge in [0.2, 0.25) is 0 Å². The van der Waals surface area contributed by atoms with Crippen LogP contribution < -0.4 is 0 Å². The van der Waals surface area contributed by atoms with Crippen LogP contribution >= 0.6 is 0 Å². The lowest BCUT2D eigenvalue weighted by Crippen LogP contribution is -2.48. The van der Waals surface area contributed by atoms with Crippen molar-refractivity contribution in [2.45, 2.75) is 32.9 Å². The van der Waals surface area contributed by atoms with Gasteiger partial charge in [-0.05, 0) is 20.4 Å². The van der Waals surface area contributed by atoms with Gasteiger partial charge in [0.25, 0.3) is 0 Å². The normalized spacial score (nSPS) is 13.7. The molecule has 156 valence electrons. The summed E-state index contributed by atoms with van der Waals surface area (Å²) in [6, 6.07) is -1.76. The number of likely N-dealkylation sites (N-methyl/N-ethyl adjacent to an activating group) is 1. The van der Waals surface area contributed by atoms with E-state index in [9.17, 15) is 19.2 Å². The number of carboxylic acid groups (broad SMARTS) is 4. The minimum absolute atomic E-state index is 0.0493. The van der Waals surface area contributed by atoms with Crippen molar-refractivity contribution in [2.75, 3.05) is 45.8 Å². The minimum atomic E-state index is -1.18. The third kappa shape index (κ3) is 9.87. The molecule has 0 aromatic carbocycles. The Morgan fingerprint density at radius 2 is 1.11 bits per heavy atom. The summed E-state index contributed by atoms with van der Waals surface area (Å²) in [6.07, 6.45) is 0. The molecule has 0 aliphatic heterocycles. The minimum Gasteiger partial charge on any atom is -0.480 e. The summed E-state index contributed by atoms with van der Waals surface area (Å²) in [5, 5.41) is 36.2. The Labute approximate surface area is 157 Å². The molecule has 0 aliphatic rings. The van der Waals surface area contributed by atoms with E-state index in [-0.39, 0.29) is 26.2 Å². The van der Waals surface area contributed by atoms with E-state index in [2.05, 4.69) is 0 Å². The maximum Gasteiger partial charge on any atom is 0.320 e. The Kier molecular flexibility index (Phi) is 11.2. The van der Waals surface area contributed by atoms with Crippen molar-refractivity contribution in [3.63, 3.8) is 0 Å². The molecule has 0 heterocycles. The molecule has 0 rings (SSSR count). The first-order chi connectivity index (χ1) is 12.5. The quantitative estimate of drug-likeness (QED) is 0.272. The average Bonchev–Trinajstić information content (AvgIpc) is 2.56. The van der Waals surface area contributed by atoms with Gasteiger partial charge in [-0.3, -0.25) is 33.9 Å². The number of carboxylic acids is 4. The van der Waals surface area contributed by atoms with Crippen LogP contribution in [0.4, 0.5) is 0 Å². The SMILES string of the molecule is CCN(CCN(CCN(CC(=O)O)C(C)C(=O)O)CC(=O)O)C(C)C(=O)O. The Morgan fingerprint density at radius 3 is 1.48 bits per heavy atom. The van der Waals surface area contributed by atoms with Crippen LogP contribution in [-0.4, -0.2) is 117 Å². The predicted molar refractivity (Wildman–Crippen MR) is 94.7 cm³/mol. The summed E-state index contributed by atoms with van der Waals surface area (Å²) in [6.45, 7) is 5.11. The third-order valence-corrected chi connectivity index (χ3v) is 4.32. The van der Waals surface area contributed by atoms with E-state index in [0.717, 1.165) is 0 Å². The zero-order chi connectivity index (χ0) is 21.1.